The van der Waals surface area contributed by atoms with Crippen molar-refractivity contribution in [2.45, 2.75) is 46.2 Å². The highest BCUT2D eigenvalue weighted by Gasteiger charge is 2.25. The molecule has 1 N–H and O–H groups in total. The van der Waals surface area contributed by atoms with Crippen molar-refractivity contribution in [3.63, 3.8) is 0 Å². The lowest BCUT2D eigenvalue weighted by Crippen LogP contribution is -2.38. The summed E-state index contributed by atoms with van der Waals surface area (Å²) >= 11 is 1.42. The van der Waals surface area contributed by atoms with Gasteiger partial charge in [-0.3, -0.25) is 9.59 Å². The summed E-state index contributed by atoms with van der Waals surface area (Å²) in [6, 6.07) is 5.40. The molecule has 24 heavy (non-hydrogen) atoms. The molecule has 0 atom stereocenters. The van der Waals surface area contributed by atoms with E-state index in [-0.39, 0.29) is 23.6 Å². The first kappa shape index (κ1) is 18.2. The van der Waals surface area contributed by atoms with E-state index in [2.05, 4.69) is 24.3 Å². The van der Waals surface area contributed by atoms with E-state index in [0.29, 0.717) is 23.7 Å². The zero-order chi connectivity index (χ0) is 17.5. The highest BCUT2D eigenvalue weighted by atomic mass is 32.1. The molecule has 2 aromatic rings. The molecule has 0 aliphatic heterocycles. The standard InChI is InChI=1S/C17H23N3O3S/c1-4-12(5-2)20(17(22)15-8-7-9-24-15)11-13-10-14(19-23-13)16(21)18-6-3/h7-10,12H,4-6,11H2,1-3H3,(H,18,21). The maximum Gasteiger partial charge on any atom is 0.273 e. The Hall–Kier alpha value is -2.15. The average molecular weight is 349 g/mol. The quantitative estimate of drug-likeness (QED) is 0.793. The fourth-order valence-electron chi connectivity index (χ4n) is 2.55. The van der Waals surface area contributed by atoms with Gasteiger partial charge in [0.1, 0.15) is 0 Å². The molecular formula is C17H23N3O3S. The van der Waals surface area contributed by atoms with Crippen molar-refractivity contribution in [2.75, 3.05) is 6.54 Å². The number of carbonyl (C=O) groups excluding carboxylic acids is 2. The average Bonchev–Trinajstić information content (AvgIpc) is 3.26. The molecule has 0 saturated carbocycles. The molecular weight excluding hydrogens is 326 g/mol. The molecule has 7 heteroatoms. The number of carbonyl (C=O) groups is 2. The molecule has 2 rings (SSSR count). The number of nitrogens with one attached hydrogen (secondary N) is 1. The van der Waals surface area contributed by atoms with Gasteiger partial charge in [0.05, 0.1) is 11.4 Å². The van der Waals surface area contributed by atoms with Crippen molar-refractivity contribution >= 4 is 23.2 Å². The second kappa shape index (κ2) is 8.63. The summed E-state index contributed by atoms with van der Waals surface area (Å²) in [7, 11) is 0. The summed E-state index contributed by atoms with van der Waals surface area (Å²) in [5.41, 5.74) is 0.236. The molecule has 2 aromatic heterocycles. The third-order valence-corrected chi connectivity index (χ3v) is 4.69. The van der Waals surface area contributed by atoms with Gasteiger partial charge in [-0.15, -0.1) is 11.3 Å². The fraction of sp³-hybridized carbons (Fsp3) is 0.471. The Bertz CT molecular complexity index is 662. The number of aromatic nitrogens is 1. The van der Waals surface area contributed by atoms with E-state index in [1.54, 1.807) is 11.0 Å². The number of rotatable bonds is 8. The van der Waals surface area contributed by atoms with Crippen LogP contribution >= 0.6 is 11.3 Å². The Morgan fingerprint density at radius 2 is 2.08 bits per heavy atom. The first-order chi connectivity index (χ1) is 11.6. The Kier molecular flexibility index (Phi) is 6.54. The van der Waals surface area contributed by atoms with Gasteiger partial charge >= 0.3 is 0 Å². The zero-order valence-electron chi connectivity index (χ0n) is 14.2. The summed E-state index contributed by atoms with van der Waals surface area (Å²) in [5, 5.41) is 8.37. The van der Waals surface area contributed by atoms with E-state index in [9.17, 15) is 9.59 Å². The topological polar surface area (TPSA) is 75.4 Å². The van der Waals surface area contributed by atoms with Crippen LogP contribution in [0.1, 0.15) is 59.5 Å². The molecule has 2 amide bonds. The van der Waals surface area contributed by atoms with Gasteiger partial charge in [0.15, 0.2) is 11.5 Å². The number of nitrogens with zero attached hydrogens (tertiary/aromatic N) is 2. The molecule has 0 unspecified atom stereocenters. The van der Waals surface area contributed by atoms with Crippen molar-refractivity contribution in [1.82, 2.24) is 15.4 Å². The van der Waals surface area contributed by atoms with Gasteiger partial charge in [-0.1, -0.05) is 25.1 Å². The third-order valence-electron chi connectivity index (χ3n) is 3.83. The lowest BCUT2D eigenvalue weighted by molar-refractivity contribution is 0.0632. The zero-order valence-corrected chi connectivity index (χ0v) is 15.1. The van der Waals surface area contributed by atoms with E-state index in [1.165, 1.54) is 11.3 Å². The first-order valence-corrected chi connectivity index (χ1v) is 9.06. The normalized spacial score (nSPS) is 10.8. The number of hydrogen-bond donors (Lipinski definition) is 1. The maximum atomic E-state index is 12.8. The van der Waals surface area contributed by atoms with Crippen LogP contribution in [0.4, 0.5) is 0 Å². The van der Waals surface area contributed by atoms with Crippen molar-refractivity contribution in [3.05, 3.63) is 39.9 Å². The molecule has 0 aromatic carbocycles. The molecule has 0 radical (unpaired) electrons. The minimum Gasteiger partial charge on any atom is -0.359 e. The summed E-state index contributed by atoms with van der Waals surface area (Å²) in [6.45, 7) is 6.79. The van der Waals surface area contributed by atoms with E-state index in [1.807, 2.05) is 24.4 Å². The van der Waals surface area contributed by atoms with Gasteiger partial charge in [-0.25, -0.2) is 0 Å². The summed E-state index contributed by atoms with van der Waals surface area (Å²) in [5.74, 6) is 0.217. The van der Waals surface area contributed by atoms with Crippen LogP contribution in [0.15, 0.2) is 28.1 Å². The number of hydrogen-bond acceptors (Lipinski definition) is 5. The monoisotopic (exact) mass is 349 g/mol. The first-order valence-electron chi connectivity index (χ1n) is 8.18. The maximum absolute atomic E-state index is 12.8. The Morgan fingerprint density at radius 1 is 1.33 bits per heavy atom. The van der Waals surface area contributed by atoms with Gasteiger partial charge < -0.3 is 14.7 Å². The van der Waals surface area contributed by atoms with Crippen LogP contribution in [-0.2, 0) is 6.54 Å². The molecule has 6 nitrogen and oxygen atoms in total. The molecule has 2 heterocycles. The molecule has 0 aliphatic carbocycles. The van der Waals surface area contributed by atoms with Crippen LogP contribution in [0.5, 0.6) is 0 Å². The van der Waals surface area contributed by atoms with Gasteiger partial charge in [0, 0.05) is 18.7 Å². The van der Waals surface area contributed by atoms with E-state index in [4.69, 9.17) is 4.52 Å². The Morgan fingerprint density at radius 3 is 2.67 bits per heavy atom. The van der Waals surface area contributed by atoms with E-state index >= 15 is 0 Å². The van der Waals surface area contributed by atoms with Crippen LogP contribution < -0.4 is 5.32 Å². The summed E-state index contributed by atoms with van der Waals surface area (Å²) in [6.07, 6.45) is 1.70. The predicted molar refractivity (Wildman–Crippen MR) is 93.1 cm³/mol. The van der Waals surface area contributed by atoms with Gasteiger partial charge in [-0.05, 0) is 31.2 Å². The third kappa shape index (κ3) is 4.23. The van der Waals surface area contributed by atoms with Crippen molar-refractivity contribution in [1.29, 1.82) is 0 Å². The molecule has 0 bridgehead atoms. The highest BCUT2D eigenvalue weighted by molar-refractivity contribution is 7.12. The van der Waals surface area contributed by atoms with E-state index < -0.39 is 0 Å². The molecule has 0 spiro atoms. The van der Waals surface area contributed by atoms with Gasteiger partial charge in [0.25, 0.3) is 11.8 Å². The predicted octanol–water partition coefficient (Wildman–Crippen LogP) is 3.32. The van der Waals surface area contributed by atoms with Crippen LogP contribution in [0.3, 0.4) is 0 Å². The minimum absolute atomic E-state index is 0.0188. The largest absolute Gasteiger partial charge is 0.359 e. The molecule has 0 fully saturated rings. The smallest absolute Gasteiger partial charge is 0.273 e. The minimum atomic E-state index is -0.272. The molecule has 0 saturated heterocycles. The lowest BCUT2D eigenvalue weighted by Gasteiger charge is -2.29. The molecule has 130 valence electrons. The summed E-state index contributed by atoms with van der Waals surface area (Å²) < 4.78 is 5.27. The van der Waals surface area contributed by atoms with Crippen LogP contribution in [0, 0.1) is 0 Å². The van der Waals surface area contributed by atoms with Crippen molar-refractivity contribution in [2.24, 2.45) is 0 Å². The van der Waals surface area contributed by atoms with Crippen LogP contribution in [0.2, 0.25) is 0 Å². The SMILES string of the molecule is CCNC(=O)c1cc(CN(C(=O)c2cccs2)C(CC)CC)on1. The van der Waals surface area contributed by atoms with E-state index in [0.717, 1.165) is 12.8 Å². The second-order valence-corrected chi connectivity index (χ2v) is 6.37. The van der Waals surface area contributed by atoms with Crippen LogP contribution in [0.25, 0.3) is 0 Å². The number of amides is 2. The fourth-order valence-corrected chi connectivity index (χ4v) is 3.23. The van der Waals surface area contributed by atoms with Crippen LogP contribution in [-0.4, -0.2) is 34.5 Å². The summed E-state index contributed by atoms with van der Waals surface area (Å²) in [4.78, 5) is 27.1. The Labute approximate surface area is 145 Å². The van der Waals surface area contributed by atoms with Crippen molar-refractivity contribution in [3.8, 4) is 0 Å². The van der Waals surface area contributed by atoms with Gasteiger partial charge in [-0.2, -0.15) is 0 Å². The Balaban J connectivity index is 2.19. The lowest BCUT2D eigenvalue weighted by atomic mass is 10.1. The van der Waals surface area contributed by atoms with Crippen molar-refractivity contribution < 1.29 is 14.1 Å². The molecule has 0 aliphatic rings. The number of thiophene rings is 1. The highest BCUT2D eigenvalue weighted by Crippen LogP contribution is 2.20. The second-order valence-electron chi connectivity index (χ2n) is 5.42. The van der Waals surface area contributed by atoms with Gasteiger partial charge in [0.2, 0.25) is 0 Å².